The third-order valence-electron chi connectivity index (χ3n) is 6.64. The van der Waals surface area contributed by atoms with Gasteiger partial charge < -0.3 is 5.11 Å². The van der Waals surface area contributed by atoms with E-state index in [0.29, 0.717) is 45.7 Å². The Hall–Kier alpha value is -2.54. The zero-order valence-corrected chi connectivity index (χ0v) is 22.4. The van der Waals surface area contributed by atoms with Crippen molar-refractivity contribution in [1.82, 2.24) is 14.0 Å². The summed E-state index contributed by atoms with van der Waals surface area (Å²) in [6.45, 7) is 1.57. The van der Waals surface area contributed by atoms with Gasteiger partial charge >= 0.3 is 6.18 Å². The molecule has 0 spiro atoms. The van der Waals surface area contributed by atoms with Crippen LogP contribution in [0.1, 0.15) is 35.4 Å². The van der Waals surface area contributed by atoms with Crippen molar-refractivity contribution in [2.24, 2.45) is 0 Å². The van der Waals surface area contributed by atoms with Crippen LogP contribution in [0.2, 0.25) is 5.02 Å². The van der Waals surface area contributed by atoms with Crippen molar-refractivity contribution < 1.29 is 26.7 Å². The van der Waals surface area contributed by atoms with Gasteiger partial charge in [-0.3, -0.25) is 4.98 Å². The fourth-order valence-electron chi connectivity index (χ4n) is 4.21. The normalized spacial score (nSPS) is 17.2. The van der Waals surface area contributed by atoms with Crippen molar-refractivity contribution in [1.29, 1.82) is 0 Å². The van der Waals surface area contributed by atoms with Crippen LogP contribution in [0.25, 0.3) is 21.3 Å². The maximum absolute atomic E-state index is 13.5. The van der Waals surface area contributed by atoms with Gasteiger partial charge in [-0.1, -0.05) is 48.0 Å². The standard InChI is InChI=1S/C26H23ClF3N3O3S2/c1-25(34,26(28,29)30)17-10-11-31-21(15-17)19-8-4-6-16-14-22(37-24(16)19)23(18-7-2-3-9-20(18)27)32-38(35,36)33-12-5-13-33/h2-4,6-11,14-15,23,32,34H,5,12-13H2,1H3/t23-,25-/m1/s1. The van der Waals surface area contributed by atoms with E-state index in [1.54, 1.807) is 36.4 Å². The number of nitrogens with one attached hydrogen (secondary N) is 1. The predicted octanol–water partition coefficient (Wildman–Crippen LogP) is 6.02. The molecular formula is C26H23ClF3N3O3S2. The molecule has 0 amide bonds. The number of thiophene rings is 1. The Morgan fingerprint density at radius 2 is 1.84 bits per heavy atom. The Bertz CT molecular complexity index is 1600. The van der Waals surface area contributed by atoms with E-state index in [1.165, 1.54) is 27.9 Å². The number of alkyl halides is 3. The molecule has 0 bridgehead atoms. The highest BCUT2D eigenvalue weighted by Gasteiger charge is 2.51. The van der Waals surface area contributed by atoms with Crippen LogP contribution in [0.4, 0.5) is 13.2 Å². The fourth-order valence-corrected chi connectivity index (χ4v) is 7.22. The second-order valence-corrected chi connectivity index (χ2v) is 12.4. The van der Waals surface area contributed by atoms with E-state index in [0.717, 1.165) is 17.9 Å². The lowest BCUT2D eigenvalue weighted by atomic mass is 9.94. The largest absolute Gasteiger partial charge is 0.421 e. The smallest absolute Gasteiger partial charge is 0.376 e. The summed E-state index contributed by atoms with van der Waals surface area (Å²) in [4.78, 5) is 4.93. The average molecular weight is 582 g/mol. The molecule has 12 heteroatoms. The number of aliphatic hydroxyl groups is 1. The molecular weight excluding hydrogens is 559 g/mol. The molecule has 3 heterocycles. The SMILES string of the molecule is C[C@@](O)(c1ccnc(-c2cccc3cc([C@H](NS(=O)(=O)N4CCC4)c4ccccc4Cl)sc23)c1)C(F)(F)F. The Kier molecular flexibility index (Phi) is 7.04. The van der Waals surface area contributed by atoms with Gasteiger partial charge in [0.05, 0.1) is 11.7 Å². The Morgan fingerprint density at radius 1 is 1.11 bits per heavy atom. The van der Waals surface area contributed by atoms with Crippen LogP contribution in [-0.4, -0.2) is 42.1 Å². The Balaban J connectivity index is 1.61. The number of hydrogen-bond acceptors (Lipinski definition) is 5. The number of rotatable bonds is 7. The number of hydrogen-bond donors (Lipinski definition) is 2. The van der Waals surface area contributed by atoms with Crippen molar-refractivity contribution in [2.45, 2.75) is 31.2 Å². The number of halogens is 4. The number of aromatic nitrogens is 1. The fraction of sp³-hybridized carbons (Fsp3) is 0.269. The molecule has 0 aliphatic carbocycles. The van der Waals surface area contributed by atoms with Crippen LogP contribution in [0.3, 0.4) is 0 Å². The first kappa shape index (κ1) is 27.0. The summed E-state index contributed by atoms with van der Waals surface area (Å²) in [7, 11) is -3.79. The van der Waals surface area contributed by atoms with Gasteiger partial charge in [0.15, 0.2) is 5.60 Å². The molecule has 2 aromatic heterocycles. The molecule has 1 aliphatic heterocycles. The van der Waals surface area contributed by atoms with Gasteiger partial charge in [-0.25, -0.2) is 0 Å². The molecule has 0 radical (unpaired) electrons. The predicted molar refractivity (Wildman–Crippen MR) is 142 cm³/mol. The summed E-state index contributed by atoms with van der Waals surface area (Å²) >= 11 is 7.78. The molecule has 1 aliphatic rings. The third kappa shape index (κ3) is 4.94. The van der Waals surface area contributed by atoms with E-state index in [2.05, 4.69) is 9.71 Å². The monoisotopic (exact) mass is 581 g/mol. The highest BCUT2D eigenvalue weighted by Crippen LogP contribution is 2.42. The molecule has 1 saturated heterocycles. The molecule has 2 aromatic carbocycles. The minimum absolute atomic E-state index is 0.251. The number of nitrogens with zero attached hydrogens (tertiary/aromatic N) is 2. The van der Waals surface area contributed by atoms with E-state index in [-0.39, 0.29) is 11.3 Å². The molecule has 4 aromatic rings. The van der Waals surface area contributed by atoms with Crippen LogP contribution < -0.4 is 4.72 Å². The summed E-state index contributed by atoms with van der Waals surface area (Å²) in [6.07, 6.45) is -2.85. The highest BCUT2D eigenvalue weighted by atomic mass is 35.5. The van der Waals surface area contributed by atoms with E-state index in [1.807, 2.05) is 12.1 Å². The number of benzene rings is 2. The van der Waals surface area contributed by atoms with E-state index >= 15 is 0 Å². The molecule has 2 atom stereocenters. The van der Waals surface area contributed by atoms with Crippen LogP contribution in [0, 0.1) is 0 Å². The summed E-state index contributed by atoms with van der Waals surface area (Å²) in [5, 5.41) is 11.3. The zero-order valence-electron chi connectivity index (χ0n) is 20.0. The minimum Gasteiger partial charge on any atom is -0.376 e. The van der Waals surface area contributed by atoms with Crippen molar-refractivity contribution in [3.63, 3.8) is 0 Å². The summed E-state index contributed by atoms with van der Waals surface area (Å²) in [6, 6.07) is 15.7. The van der Waals surface area contributed by atoms with Gasteiger partial charge in [0.1, 0.15) is 0 Å². The lowest BCUT2D eigenvalue weighted by Gasteiger charge is -2.31. The summed E-state index contributed by atoms with van der Waals surface area (Å²) in [5.41, 5.74) is -2.00. The van der Waals surface area contributed by atoms with Gasteiger partial charge in [-0.05, 0) is 54.1 Å². The molecule has 38 heavy (non-hydrogen) atoms. The summed E-state index contributed by atoms with van der Waals surface area (Å²) in [5.74, 6) is 0. The van der Waals surface area contributed by atoms with Gasteiger partial charge in [-0.2, -0.15) is 30.6 Å². The second-order valence-electron chi connectivity index (χ2n) is 9.20. The Morgan fingerprint density at radius 3 is 2.50 bits per heavy atom. The molecule has 0 unspecified atom stereocenters. The first-order valence-corrected chi connectivity index (χ1v) is 14.3. The lowest BCUT2D eigenvalue weighted by Crippen LogP contribution is -2.49. The maximum Gasteiger partial charge on any atom is 0.421 e. The van der Waals surface area contributed by atoms with Crippen LogP contribution >= 0.6 is 22.9 Å². The molecule has 6 nitrogen and oxygen atoms in total. The Labute approximate surface area is 226 Å². The van der Waals surface area contributed by atoms with Crippen LogP contribution in [-0.2, 0) is 15.8 Å². The van der Waals surface area contributed by atoms with E-state index in [4.69, 9.17) is 11.6 Å². The van der Waals surface area contributed by atoms with Crippen molar-refractivity contribution in [3.8, 4) is 11.3 Å². The molecule has 0 saturated carbocycles. The van der Waals surface area contributed by atoms with Gasteiger partial charge in [0.2, 0.25) is 0 Å². The zero-order chi connectivity index (χ0) is 27.3. The van der Waals surface area contributed by atoms with Gasteiger partial charge in [0, 0.05) is 39.4 Å². The van der Waals surface area contributed by atoms with Crippen molar-refractivity contribution in [3.05, 3.63) is 87.9 Å². The van der Waals surface area contributed by atoms with Crippen LogP contribution in [0.5, 0.6) is 0 Å². The minimum atomic E-state index is -4.87. The van der Waals surface area contributed by atoms with Gasteiger partial charge in [-0.15, -0.1) is 11.3 Å². The quantitative estimate of drug-likeness (QED) is 0.280. The first-order chi connectivity index (χ1) is 17.9. The van der Waals surface area contributed by atoms with Crippen molar-refractivity contribution >= 4 is 43.2 Å². The van der Waals surface area contributed by atoms with Crippen LogP contribution in [0.15, 0.2) is 66.9 Å². The summed E-state index contributed by atoms with van der Waals surface area (Å²) < 4.78 is 71.4. The molecule has 5 rings (SSSR count). The highest BCUT2D eigenvalue weighted by molar-refractivity contribution is 7.87. The van der Waals surface area contributed by atoms with Gasteiger partial charge in [0.25, 0.3) is 10.2 Å². The first-order valence-electron chi connectivity index (χ1n) is 11.7. The molecule has 2 N–H and O–H groups in total. The number of pyridine rings is 1. The van der Waals surface area contributed by atoms with Crippen molar-refractivity contribution in [2.75, 3.05) is 13.1 Å². The molecule has 1 fully saturated rings. The second kappa shape index (κ2) is 9.89. The topological polar surface area (TPSA) is 82.5 Å². The number of fused-ring (bicyclic) bond motifs is 1. The average Bonchev–Trinajstić information content (AvgIpc) is 3.25. The lowest BCUT2D eigenvalue weighted by molar-refractivity contribution is -0.258. The van der Waals surface area contributed by atoms with E-state index in [9.17, 15) is 26.7 Å². The maximum atomic E-state index is 13.5. The third-order valence-corrected chi connectivity index (χ3v) is 9.81. The van der Waals surface area contributed by atoms with E-state index < -0.39 is 28.0 Å². The molecule has 200 valence electrons.